The number of primary amides is 1. The average molecular weight is 341 g/mol. The summed E-state index contributed by atoms with van der Waals surface area (Å²) < 4.78 is 13.6. The van der Waals surface area contributed by atoms with Gasteiger partial charge in [-0.2, -0.15) is 0 Å². The lowest BCUT2D eigenvalue weighted by Crippen LogP contribution is -2.53. The quantitative estimate of drug-likeness (QED) is 0.899. The largest absolute Gasteiger partial charge is 0.352 e. The number of nitrogens with two attached hydrogens (primary N) is 1. The maximum atomic E-state index is 13.6. The molecule has 0 bridgehead atoms. The predicted molar refractivity (Wildman–Crippen MR) is 94.0 cm³/mol. The Morgan fingerprint density at radius 3 is 2.80 bits per heavy atom. The van der Waals surface area contributed by atoms with E-state index in [0.717, 1.165) is 27.9 Å². The number of nitrogens with one attached hydrogen (secondary N) is 1. The fourth-order valence-electron chi connectivity index (χ4n) is 3.35. The van der Waals surface area contributed by atoms with Gasteiger partial charge in [0.15, 0.2) is 0 Å². The monoisotopic (exact) mass is 341 g/mol. The van der Waals surface area contributed by atoms with Gasteiger partial charge < -0.3 is 16.0 Å². The molecule has 0 aromatic heterocycles. The van der Waals surface area contributed by atoms with Crippen molar-refractivity contribution >= 4 is 17.6 Å². The molecule has 3 N–H and O–H groups in total. The van der Waals surface area contributed by atoms with Crippen LogP contribution >= 0.6 is 0 Å². The van der Waals surface area contributed by atoms with Gasteiger partial charge in [0.2, 0.25) is 5.91 Å². The SMILES string of the molecule is Cc1ccc(F)cc1Cc1cccc2c1N(C)C(=O)[C@H](NC(N)=O)C2. The first kappa shape index (κ1) is 17.0. The summed E-state index contributed by atoms with van der Waals surface area (Å²) in [6, 6.07) is 9.11. The minimum atomic E-state index is -0.721. The van der Waals surface area contributed by atoms with Crippen LogP contribution in [0.25, 0.3) is 0 Å². The summed E-state index contributed by atoms with van der Waals surface area (Å²) >= 11 is 0. The number of halogens is 1. The third-order valence-corrected chi connectivity index (χ3v) is 4.60. The molecule has 0 fully saturated rings. The van der Waals surface area contributed by atoms with E-state index >= 15 is 0 Å². The summed E-state index contributed by atoms with van der Waals surface area (Å²) in [4.78, 5) is 25.2. The molecule has 2 aromatic carbocycles. The topological polar surface area (TPSA) is 75.4 Å². The van der Waals surface area contributed by atoms with Crippen LogP contribution in [0, 0.1) is 12.7 Å². The summed E-state index contributed by atoms with van der Waals surface area (Å²) in [7, 11) is 1.68. The van der Waals surface area contributed by atoms with Crippen molar-refractivity contribution in [2.45, 2.75) is 25.8 Å². The van der Waals surface area contributed by atoms with E-state index in [9.17, 15) is 14.0 Å². The number of carbonyl (C=O) groups is 2. The second kappa shape index (κ2) is 6.55. The Morgan fingerprint density at radius 2 is 2.08 bits per heavy atom. The van der Waals surface area contributed by atoms with Gasteiger partial charge in [0.05, 0.1) is 5.69 Å². The smallest absolute Gasteiger partial charge is 0.312 e. The van der Waals surface area contributed by atoms with Crippen molar-refractivity contribution in [1.29, 1.82) is 0 Å². The molecule has 2 aromatic rings. The van der Waals surface area contributed by atoms with Crippen LogP contribution in [-0.2, 0) is 17.6 Å². The van der Waals surface area contributed by atoms with Gasteiger partial charge >= 0.3 is 6.03 Å². The number of anilines is 1. The van der Waals surface area contributed by atoms with Crippen molar-refractivity contribution in [3.63, 3.8) is 0 Å². The summed E-state index contributed by atoms with van der Waals surface area (Å²) in [5.74, 6) is -0.490. The van der Waals surface area contributed by atoms with Crippen LogP contribution in [0.3, 0.4) is 0 Å². The number of fused-ring (bicyclic) bond motifs is 1. The zero-order valence-corrected chi connectivity index (χ0v) is 14.2. The minimum absolute atomic E-state index is 0.213. The Morgan fingerprint density at radius 1 is 1.32 bits per heavy atom. The molecule has 6 heteroatoms. The maximum absolute atomic E-state index is 13.6. The first-order chi connectivity index (χ1) is 11.9. The lowest BCUT2D eigenvalue weighted by Gasteiger charge is -2.33. The highest BCUT2D eigenvalue weighted by molar-refractivity contribution is 6.02. The molecule has 0 aliphatic carbocycles. The van der Waals surface area contributed by atoms with E-state index in [1.807, 2.05) is 25.1 Å². The van der Waals surface area contributed by atoms with Crippen LogP contribution < -0.4 is 16.0 Å². The Kier molecular flexibility index (Phi) is 4.44. The number of likely N-dealkylation sites (N-methyl/N-ethyl adjacent to an activating group) is 1. The molecule has 1 heterocycles. The Balaban J connectivity index is 1.98. The van der Waals surface area contributed by atoms with Crippen LogP contribution in [0.15, 0.2) is 36.4 Å². The highest BCUT2D eigenvalue weighted by atomic mass is 19.1. The van der Waals surface area contributed by atoms with Crippen molar-refractivity contribution in [3.05, 3.63) is 64.5 Å². The molecule has 3 amide bonds. The normalized spacial score (nSPS) is 16.5. The Bertz CT molecular complexity index is 851. The molecule has 5 nitrogen and oxygen atoms in total. The standard InChI is InChI=1S/C19H20FN3O2/c1-11-6-7-15(20)9-14(11)8-12-4-3-5-13-10-16(22-19(21)25)18(24)23(2)17(12)13/h3-7,9,16H,8,10H2,1-2H3,(H3,21,22,25)/t16-/m1/s1. The number of para-hydroxylation sites is 1. The fourth-order valence-corrected chi connectivity index (χ4v) is 3.35. The van der Waals surface area contributed by atoms with E-state index in [-0.39, 0.29) is 11.7 Å². The van der Waals surface area contributed by atoms with E-state index in [1.54, 1.807) is 18.0 Å². The number of urea groups is 1. The van der Waals surface area contributed by atoms with Gasteiger partial charge in [-0.1, -0.05) is 24.3 Å². The summed E-state index contributed by atoms with van der Waals surface area (Å²) in [5, 5.41) is 2.49. The van der Waals surface area contributed by atoms with Gasteiger partial charge in [-0.25, -0.2) is 9.18 Å². The molecule has 0 spiro atoms. The number of amides is 3. The number of hydrogen-bond acceptors (Lipinski definition) is 2. The highest BCUT2D eigenvalue weighted by Crippen LogP contribution is 2.32. The lowest BCUT2D eigenvalue weighted by molar-refractivity contribution is -0.120. The number of hydrogen-bond donors (Lipinski definition) is 2. The first-order valence-corrected chi connectivity index (χ1v) is 8.06. The van der Waals surface area contributed by atoms with E-state index in [0.29, 0.717) is 12.8 Å². The number of carbonyl (C=O) groups excluding carboxylic acids is 2. The number of nitrogens with zero attached hydrogens (tertiary/aromatic N) is 1. The Labute approximate surface area is 145 Å². The van der Waals surface area contributed by atoms with Crippen LogP contribution in [0.5, 0.6) is 0 Å². The van der Waals surface area contributed by atoms with Crippen LogP contribution in [0.1, 0.15) is 22.3 Å². The lowest BCUT2D eigenvalue weighted by atomic mass is 9.91. The summed E-state index contributed by atoms with van der Waals surface area (Å²) in [5.41, 5.74) is 9.75. The molecular formula is C19H20FN3O2. The van der Waals surface area contributed by atoms with Crippen LogP contribution in [0.2, 0.25) is 0 Å². The molecule has 0 saturated heterocycles. The zero-order chi connectivity index (χ0) is 18.1. The molecule has 25 heavy (non-hydrogen) atoms. The molecule has 1 atom stereocenters. The Hall–Kier alpha value is -2.89. The molecule has 3 rings (SSSR count). The van der Waals surface area contributed by atoms with E-state index < -0.39 is 12.1 Å². The third kappa shape index (κ3) is 3.33. The second-order valence-electron chi connectivity index (χ2n) is 6.34. The van der Waals surface area contributed by atoms with E-state index in [4.69, 9.17) is 5.73 Å². The average Bonchev–Trinajstić information content (AvgIpc) is 2.55. The van der Waals surface area contributed by atoms with Crippen molar-refractivity contribution in [1.82, 2.24) is 5.32 Å². The van der Waals surface area contributed by atoms with E-state index in [1.165, 1.54) is 12.1 Å². The molecule has 1 aliphatic heterocycles. The van der Waals surface area contributed by atoms with E-state index in [2.05, 4.69) is 5.32 Å². The highest BCUT2D eigenvalue weighted by Gasteiger charge is 2.32. The molecule has 1 aliphatic rings. The zero-order valence-electron chi connectivity index (χ0n) is 14.2. The van der Waals surface area contributed by atoms with Crippen LogP contribution in [0.4, 0.5) is 14.9 Å². The van der Waals surface area contributed by atoms with Gasteiger partial charge in [0.1, 0.15) is 11.9 Å². The molecule has 130 valence electrons. The number of aryl methyl sites for hydroxylation is 1. The van der Waals surface area contributed by atoms with Gasteiger partial charge in [0, 0.05) is 13.5 Å². The molecule has 0 radical (unpaired) electrons. The van der Waals surface area contributed by atoms with Crippen molar-refractivity contribution < 1.29 is 14.0 Å². The molecule has 0 saturated carbocycles. The van der Waals surface area contributed by atoms with Crippen molar-refractivity contribution in [3.8, 4) is 0 Å². The minimum Gasteiger partial charge on any atom is -0.352 e. The summed E-state index contributed by atoms with van der Waals surface area (Å²) in [6.45, 7) is 1.94. The summed E-state index contributed by atoms with van der Waals surface area (Å²) in [6.07, 6.45) is 0.912. The maximum Gasteiger partial charge on any atom is 0.312 e. The fraction of sp³-hybridized carbons (Fsp3) is 0.263. The van der Waals surface area contributed by atoms with Gasteiger partial charge in [0.25, 0.3) is 0 Å². The van der Waals surface area contributed by atoms with Gasteiger partial charge in [-0.05, 0) is 47.7 Å². The number of rotatable bonds is 3. The number of benzene rings is 2. The van der Waals surface area contributed by atoms with Crippen molar-refractivity contribution in [2.24, 2.45) is 5.73 Å². The van der Waals surface area contributed by atoms with Crippen LogP contribution in [-0.4, -0.2) is 25.0 Å². The third-order valence-electron chi connectivity index (χ3n) is 4.60. The van der Waals surface area contributed by atoms with Gasteiger partial charge in [-0.3, -0.25) is 4.79 Å². The second-order valence-corrected chi connectivity index (χ2v) is 6.34. The predicted octanol–water partition coefficient (Wildman–Crippen LogP) is 2.28. The van der Waals surface area contributed by atoms with Crippen molar-refractivity contribution in [2.75, 3.05) is 11.9 Å². The van der Waals surface area contributed by atoms with Gasteiger partial charge in [-0.15, -0.1) is 0 Å². The first-order valence-electron chi connectivity index (χ1n) is 8.06. The molecular weight excluding hydrogens is 321 g/mol. The molecule has 0 unspecified atom stereocenters.